The molecule has 118 valence electrons. The minimum absolute atomic E-state index is 0.193. The number of aromatic nitrogens is 1. The van der Waals surface area contributed by atoms with Gasteiger partial charge in [0.2, 0.25) is 5.91 Å². The quantitative estimate of drug-likeness (QED) is 0.459. The normalized spacial score (nSPS) is 10.5. The molecule has 1 N–H and O–H groups in total. The Morgan fingerprint density at radius 2 is 1.76 bits per heavy atom. The molecule has 0 saturated heterocycles. The van der Waals surface area contributed by atoms with Gasteiger partial charge < -0.3 is 5.32 Å². The molecule has 1 rings (SSSR count). The van der Waals surface area contributed by atoms with E-state index in [0.29, 0.717) is 6.42 Å². The molecule has 3 nitrogen and oxygen atoms in total. The number of unbranched alkanes of at least 4 members (excludes halogenated alkanes) is 6. The molecule has 0 radical (unpaired) electrons. The minimum Gasteiger partial charge on any atom is -0.355 e. The van der Waals surface area contributed by atoms with Crippen molar-refractivity contribution < 1.29 is 4.79 Å². The topological polar surface area (TPSA) is 42.0 Å². The molecule has 0 unspecified atom stereocenters. The van der Waals surface area contributed by atoms with Crippen molar-refractivity contribution in [1.82, 2.24) is 10.3 Å². The molecule has 4 heteroatoms. The summed E-state index contributed by atoms with van der Waals surface area (Å²) in [6.07, 6.45) is 13.0. The van der Waals surface area contributed by atoms with Gasteiger partial charge in [-0.05, 0) is 18.6 Å². The zero-order valence-corrected chi connectivity index (χ0v) is 14.0. The second kappa shape index (κ2) is 12.7. The van der Waals surface area contributed by atoms with Crippen molar-refractivity contribution in [2.75, 3.05) is 12.3 Å². The number of rotatable bonds is 12. The van der Waals surface area contributed by atoms with Gasteiger partial charge in [0, 0.05) is 36.0 Å². The standard InChI is InChI=1S/C17H28N2OS/c1-2-3-4-5-6-7-8-9-17(20)19-14-15-21-16-10-12-18-13-11-16/h10-13H,2-9,14-15H2,1H3,(H,19,20). The van der Waals surface area contributed by atoms with E-state index in [9.17, 15) is 4.79 Å². The molecule has 0 aliphatic heterocycles. The van der Waals surface area contributed by atoms with Crippen molar-refractivity contribution in [2.24, 2.45) is 0 Å². The lowest BCUT2D eigenvalue weighted by Crippen LogP contribution is -2.25. The molecular weight excluding hydrogens is 280 g/mol. The molecule has 0 aliphatic rings. The second-order valence-corrected chi connectivity index (χ2v) is 6.42. The van der Waals surface area contributed by atoms with Crippen molar-refractivity contribution >= 4 is 17.7 Å². The first kappa shape index (κ1) is 18.0. The molecule has 0 aliphatic carbocycles. The maximum atomic E-state index is 11.7. The number of hydrogen-bond donors (Lipinski definition) is 1. The summed E-state index contributed by atoms with van der Waals surface area (Å²) < 4.78 is 0. The first-order chi connectivity index (χ1) is 10.3. The third-order valence-corrected chi connectivity index (χ3v) is 4.36. The maximum Gasteiger partial charge on any atom is 0.220 e. The number of carbonyl (C=O) groups is 1. The molecule has 1 aromatic rings. The van der Waals surface area contributed by atoms with Crippen LogP contribution in [0.15, 0.2) is 29.4 Å². The Hall–Kier alpha value is -1.03. The van der Waals surface area contributed by atoms with Crippen molar-refractivity contribution in [3.8, 4) is 0 Å². The predicted molar refractivity (Wildman–Crippen MR) is 90.6 cm³/mol. The van der Waals surface area contributed by atoms with Crippen LogP contribution in [0.5, 0.6) is 0 Å². The first-order valence-electron chi connectivity index (χ1n) is 8.12. The third kappa shape index (κ3) is 10.4. The molecule has 0 saturated carbocycles. The van der Waals surface area contributed by atoms with Crippen LogP contribution in [0.3, 0.4) is 0 Å². The Balaban J connectivity index is 1.90. The summed E-state index contributed by atoms with van der Waals surface area (Å²) in [7, 11) is 0. The van der Waals surface area contributed by atoms with Crippen molar-refractivity contribution in [2.45, 2.75) is 63.2 Å². The summed E-state index contributed by atoms with van der Waals surface area (Å²) >= 11 is 1.75. The number of hydrogen-bond acceptors (Lipinski definition) is 3. The molecule has 0 atom stereocenters. The van der Waals surface area contributed by atoms with E-state index in [-0.39, 0.29) is 5.91 Å². The lowest BCUT2D eigenvalue weighted by Gasteiger charge is -2.05. The summed E-state index contributed by atoms with van der Waals surface area (Å²) in [4.78, 5) is 16.8. The SMILES string of the molecule is CCCCCCCCCC(=O)NCCSc1ccncc1. The summed E-state index contributed by atoms with van der Waals surface area (Å²) in [5, 5.41) is 2.99. The lowest BCUT2D eigenvalue weighted by atomic mass is 10.1. The fraction of sp³-hybridized carbons (Fsp3) is 0.647. The van der Waals surface area contributed by atoms with Crippen LogP contribution in [-0.2, 0) is 4.79 Å². The predicted octanol–water partition coefficient (Wildman–Crippen LogP) is 4.43. The Kier molecular flexibility index (Phi) is 10.9. The van der Waals surface area contributed by atoms with E-state index < -0.39 is 0 Å². The number of carbonyl (C=O) groups excluding carboxylic acids is 1. The van der Waals surface area contributed by atoms with Crippen LogP contribution in [0.1, 0.15) is 58.3 Å². The first-order valence-corrected chi connectivity index (χ1v) is 9.11. The molecule has 1 heterocycles. The van der Waals surface area contributed by atoms with E-state index >= 15 is 0 Å². The average Bonchev–Trinajstić information content (AvgIpc) is 2.52. The highest BCUT2D eigenvalue weighted by atomic mass is 32.2. The monoisotopic (exact) mass is 308 g/mol. The lowest BCUT2D eigenvalue weighted by molar-refractivity contribution is -0.121. The van der Waals surface area contributed by atoms with Gasteiger partial charge in [0.15, 0.2) is 0 Å². The van der Waals surface area contributed by atoms with Crippen LogP contribution in [0, 0.1) is 0 Å². The fourth-order valence-corrected chi connectivity index (χ4v) is 2.88. The summed E-state index contributed by atoms with van der Waals surface area (Å²) in [6, 6.07) is 3.98. The van der Waals surface area contributed by atoms with E-state index in [2.05, 4.69) is 17.2 Å². The van der Waals surface area contributed by atoms with E-state index in [1.54, 1.807) is 24.2 Å². The van der Waals surface area contributed by atoms with Crippen LogP contribution in [0.2, 0.25) is 0 Å². The number of nitrogens with zero attached hydrogens (tertiary/aromatic N) is 1. The van der Waals surface area contributed by atoms with Gasteiger partial charge in [-0.25, -0.2) is 0 Å². The van der Waals surface area contributed by atoms with Crippen LogP contribution in [-0.4, -0.2) is 23.2 Å². The average molecular weight is 308 g/mol. The van der Waals surface area contributed by atoms with Crippen molar-refractivity contribution in [1.29, 1.82) is 0 Å². The van der Waals surface area contributed by atoms with Gasteiger partial charge in [-0.2, -0.15) is 0 Å². The number of pyridine rings is 1. The van der Waals surface area contributed by atoms with Gasteiger partial charge in [0.05, 0.1) is 0 Å². The van der Waals surface area contributed by atoms with E-state index in [0.717, 1.165) is 18.7 Å². The van der Waals surface area contributed by atoms with Gasteiger partial charge in [0.25, 0.3) is 0 Å². The van der Waals surface area contributed by atoms with Gasteiger partial charge in [-0.1, -0.05) is 45.4 Å². The Morgan fingerprint density at radius 1 is 1.10 bits per heavy atom. The van der Waals surface area contributed by atoms with Gasteiger partial charge in [0.1, 0.15) is 0 Å². The Labute approximate surface area is 133 Å². The number of nitrogens with one attached hydrogen (secondary N) is 1. The molecule has 1 amide bonds. The zero-order chi connectivity index (χ0) is 15.2. The van der Waals surface area contributed by atoms with Crippen LogP contribution in [0.25, 0.3) is 0 Å². The smallest absolute Gasteiger partial charge is 0.220 e. The fourth-order valence-electron chi connectivity index (χ4n) is 2.12. The Bertz CT molecular complexity index is 370. The highest BCUT2D eigenvalue weighted by Crippen LogP contribution is 2.15. The molecule has 0 bridgehead atoms. The zero-order valence-electron chi connectivity index (χ0n) is 13.1. The van der Waals surface area contributed by atoms with Crippen molar-refractivity contribution in [3.05, 3.63) is 24.5 Å². The highest BCUT2D eigenvalue weighted by molar-refractivity contribution is 7.99. The van der Waals surface area contributed by atoms with Crippen molar-refractivity contribution in [3.63, 3.8) is 0 Å². The van der Waals surface area contributed by atoms with E-state index in [1.165, 1.54) is 43.4 Å². The van der Waals surface area contributed by atoms with E-state index in [1.807, 2.05) is 12.1 Å². The van der Waals surface area contributed by atoms with Crippen LogP contribution >= 0.6 is 11.8 Å². The number of thioether (sulfide) groups is 1. The molecule has 0 aromatic carbocycles. The highest BCUT2D eigenvalue weighted by Gasteiger charge is 2.00. The maximum absolute atomic E-state index is 11.7. The molecule has 0 spiro atoms. The molecule has 21 heavy (non-hydrogen) atoms. The largest absolute Gasteiger partial charge is 0.355 e. The van der Waals surface area contributed by atoms with Gasteiger partial charge in [-0.15, -0.1) is 11.8 Å². The molecule has 0 fully saturated rings. The minimum atomic E-state index is 0.193. The van der Waals surface area contributed by atoms with E-state index in [4.69, 9.17) is 0 Å². The van der Waals surface area contributed by atoms with Crippen LogP contribution < -0.4 is 5.32 Å². The summed E-state index contributed by atoms with van der Waals surface area (Å²) in [5.74, 6) is 1.10. The Morgan fingerprint density at radius 3 is 2.48 bits per heavy atom. The van der Waals surface area contributed by atoms with Gasteiger partial charge in [-0.3, -0.25) is 9.78 Å². The molecule has 1 aromatic heterocycles. The summed E-state index contributed by atoms with van der Waals surface area (Å²) in [6.45, 7) is 2.97. The molecular formula is C17H28N2OS. The van der Waals surface area contributed by atoms with Gasteiger partial charge >= 0.3 is 0 Å². The number of amides is 1. The summed E-state index contributed by atoms with van der Waals surface area (Å²) in [5.41, 5.74) is 0. The second-order valence-electron chi connectivity index (χ2n) is 5.25. The third-order valence-electron chi connectivity index (χ3n) is 3.35. The van der Waals surface area contributed by atoms with Crippen LogP contribution in [0.4, 0.5) is 0 Å².